The standard InChI is InChI=1S/C23H30N2O3/c1-15-17(9-11-26)12-16-13-23(2,22(27)28-3)21-19(8-10-25(15)14-16)18-6-4-5-7-20(18)24-21/h4-7,9,15-16,24,26H,8,10-14H2,1-3H3/b17-9-/t15?,16?,23-/m1/s1. The van der Waals surface area contributed by atoms with Crippen molar-refractivity contribution < 1.29 is 14.6 Å². The Morgan fingerprint density at radius 1 is 1.43 bits per heavy atom. The van der Waals surface area contributed by atoms with Crippen LogP contribution in [0, 0.1) is 5.92 Å². The maximum Gasteiger partial charge on any atom is 0.317 e. The number of carbonyl (C=O) groups excluding carboxylic acids is 1. The predicted octanol–water partition coefficient (Wildman–Crippen LogP) is 3.17. The van der Waals surface area contributed by atoms with E-state index in [1.165, 1.54) is 23.6 Å². The molecule has 2 aromatic rings. The van der Waals surface area contributed by atoms with Crippen molar-refractivity contribution in [1.29, 1.82) is 0 Å². The number of rotatable bonds is 2. The normalized spacial score (nSPS) is 31.7. The van der Waals surface area contributed by atoms with Crippen LogP contribution in [0.4, 0.5) is 0 Å². The number of aliphatic hydroxyl groups is 1. The van der Waals surface area contributed by atoms with Crippen LogP contribution in [0.1, 0.15) is 37.9 Å². The molecule has 1 fully saturated rings. The number of aromatic nitrogens is 1. The van der Waals surface area contributed by atoms with E-state index in [-0.39, 0.29) is 12.6 Å². The van der Waals surface area contributed by atoms with Crippen molar-refractivity contribution in [3.63, 3.8) is 0 Å². The molecule has 0 radical (unpaired) electrons. The van der Waals surface area contributed by atoms with Gasteiger partial charge in [-0.15, -0.1) is 0 Å². The summed E-state index contributed by atoms with van der Waals surface area (Å²) < 4.78 is 5.29. The highest BCUT2D eigenvalue weighted by Crippen LogP contribution is 2.42. The number of ether oxygens (including phenoxy) is 1. The summed E-state index contributed by atoms with van der Waals surface area (Å²) in [4.78, 5) is 19.1. The molecule has 4 rings (SSSR count). The Kier molecular flexibility index (Phi) is 5.06. The number of benzene rings is 1. The molecule has 150 valence electrons. The molecule has 2 aliphatic heterocycles. The van der Waals surface area contributed by atoms with E-state index in [1.807, 2.05) is 19.1 Å². The first-order valence-corrected chi connectivity index (χ1v) is 10.2. The molecule has 2 N–H and O–H groups in total. The summed E-state index contributed by atoms with van der Waals surface area (Å²) in [5.41, 5.74) is 3.89. The van der Waals surface area contributed by atoms with Crippen molar-refractivity contribution in [3.05, 3.63) is 47.2 Å². The lowest BCUT2D eigenvalue weighted by Gasteiger charge is -2.41. The monoisotopic (exact) mass is 382 g/mol. The number of para-hydroxylation sites is 1. The van der Waals surface area contributed by atoms with E-state index in [2.05, 4.69) is 35.0 Å². The molecule has 0 amide bonds. The van der Waals surface area contributed by atoms with E-state index in [4.69, 9.17) is 4.74 Å². The first-order valence-electron chi connectivity index (χ1n) is 10.2. The van der Waals surface area contributed by atoms with Crippen LogP contribution < -0.4 is 0 Å². The molecule has 0 spiro atoms. The van der Waals surface area contributed by atoms with E-state index in [9.17, 15) is 9.90 Å². The quantitative estimate of drug-likeness (QED) is 0.618. The lowest BCUT2D eigenvalue weighted by atomic mass is 9.73. The van der Waals surface area contributed by atoms with E-state index in [0.717, 1.165) is 43.6 Å². The molecule has 5 nitrogen and oxygen atoms in total. The van der Waals surface area contributed by atoms with Crippen molar-refractivity contribution in [2.75, 3.05) is 26.8 Å². The maximum atomic E-state index is 13.0. The SMILES string of the molecule is COC(=O)[C@]1(C)CC2C/C(=C/CO)C(C)N(CCc3c1[nH]c1ccccc31)C2. The summed E-state index contributed by atoms with van der Waals surface area (Å²) in [5, 5.41) is 10.7. The van der Waals surface area contributed by atoms with Crippen LogP contribution >= 0.6 is 0 Å². The molecule has 0 aliphatic carbocycles. The third kappa shape index (κ3) is 3.07. The number of piperidine rings is 1. The summed E-state index contributed by atoms with van der Waals surface area (Å²) in [6.45, 7) is 6.23. The van der Waals surface area contributed by atoms with Crippen LogP contribution in [0.15, 0.2) is 35.9 Å². The number of carbonyl (C=O) groups is 1. The highest BCUT2D eigenvalue weighted by atomic mass is 16.5. The number of hydrogen-bond donors (Lipinski definition) is 2. The number of hydrogen-bond acceptors (Lipinski definition) is 4. The lowest BCUT2D eigenvalue weighted by molar-refractivity contribution is -0.148. The summed E-state index contributed by atoms with van der Waals surface area (Å²) >= 11 is 0. The van der Waals surface area contributed by atoms with Crippen molar-refractivity contribution in [2.24, 2.45) is 5.92 Å². The fourth-order valence-corrected chi connectivity index (χ4v) is 5.36. The minimum Gasteiger partial charge on any atom is -0.468 e. The van der Waals surface area contributed by atoms with Gasteiger partial charge in [0.25, 0.3) is 0 Å². The number of nitrogens with one attached hydrogen (secondary N) is 1. The van der Waals surface area contributed by atoms with E-state index < -0.39 is 5.41 Å². The van der Waals surface area contributed by atoms with Crippen molar-refractivity contribution in [3.8, 4) is 0 Å². The number of methoxy groups -OCH3 is 1. The zero-order valence-electron chi connectivity index (χ0n) is 17.0. The third-order valence-corrected chi connectivity index (χ3v) is 6.80. The molecule has 3 heterocycles. The van der Waals surface area contributed by atoms with Gasteiger partial charge in [-0.05, 0) is 50.7 Å². The molecule has 0 saturated carbocycles. The summed E-state index contributed by atoms with van der Waals surface area (Å²) in [5.74, 6) is 0.163. The van der Waals surface area contributed by atoms with Gasteiger partial charge >= 0.3 is 5.97 Å². The van der Waals surface area contributed by atoms with Crippen LogP contribution in [-0.4, -0.2) is 53.8 Å². The number of nitrogens with zero attached hydrogens (tertiary/aromatic N) is 1. The molecule has 4 atom stereocenters. The Bertz CT molecular complexity index is 916. The van der Waals surface area contributed by atoms with Crippen LogP contribution in [0.3, 0.4) is 0 Å². The largest absolute Gasteiger partial charge is 0.468 e. The molecule has 5 heteroatoms. The van der Waals surface area contributed by atoms with Crippen molar-refractivity contribution in [1.82, 2.24) is 9.88 Å². The number of fused-ring (bicyclic) bond motifs is 5. The fraction of sp³-hybridized carbons (Fsp3) is 0.522. The molecular weight excluding hydrogens is 352 g/mol. The predicted molar refractivity (Wildman–Crippen MR) is 110 cm³/mol. The van der Waals surface area contributed by atoms with Crippen molar-refractivity contribution >= 4 is 16.9 Å². The van der Waals surface area contributed by atoms with Gasteiger partial charge in [0.05, 0.1) is 13.7 Å². The molecule has 2 aliphatic rings. The first kappa shape index (κ1) is 19.2. The van der Waals surface area contributed by atoms with Gasteiger partial charge in [0.1, 0.15) is 5.41 Å². The Balaban J connectivity index is 1.86. The summed E-state index contributed by atoms with van der Waals surface area (Å²) in [7, 11) is 1.48. The Morgan fingerprint density at radius 2 is 2.21 bits per heavy atom. The summed E-state index contributed by atoms with van der Waals surface area (Å²) in [6.07, 6.45) is 4.48. The highest BCUT2D eigenvalue weighted by molar-refractivity contribution is 5.90. The number of aromatic amines is 1. The van der Waals surface area contributed by atoms with E-state index >= 15 is 0 Å². The highest BCUT2D eigenvalue weighted by Gasteiger charge is 2.44. The minimum absolute atomic E-state index is 0.0676. The third-order valence-electron chi connectivity index (χ3n) is 6.80. The molecule has 3 unspecified atom stereocenters. The van der Waals surface area contributed by atoms with E-state index in [0.29, 0.717) is 12.0 Å². The second-order valence-electron chi connectivity index (χ2n) is 8.50. The second-order valence-corrected chi connectivity index (χ2v) is 8.50. The molecule has 1 saturated heterocycles. The first-order chi connectivity index (χ1) is 13.5. The zero-order chi connectivity index (χ0) is 19.9. The Labute approximate surface area is 166 Å². The minimum atomic E-state index is -0.714. The van der Waals surface area contributed by atoms with Gasteiger partial charge < -0.3 is 14.8 Å². The molecule has 1 aromatic heterocycles. The van der Waals surface area contributed by atoms with Gasteiger partial charge in [-0.3, -0.25) is 9.69 Å². The molecular formula is C23H30N2O3. The zero-order valence-corrected chi connectivity index (χ0v) is 17.0. The van der Waals surface area contributed by atoms with Gasteiger partial charge in [0.15, 0.2) is 0 Å². The molecule has 28 heavy (non-hydrogen) atoms. The van der Waals surface area contributed by atoms with Gasteiger partial charge in [-0.1, -0.05) is 29.8 Å². The lowest BCUT2D eigenvalue weighted by Crippen LogP contribution is -2.46. The smallest absolute Gasteiger partial charge is 0.317 e. The van der Waals surface area contributed by atoms with Gasteiger partial charge in [-0.2, -0.15) is 0 Å². The summed E-state index contributed by atoms with van der Waals surface area (Å²) in [6, 6.07) is 8.63. The number of aliphatic hydroxyl groups excluding tert-OH is 1. The number of H-pyrrole nitrogens is 1. The van der Waals surface area contributed by atoms with Crippen LogP contribution in [0.2, 0.25) is 0 Å². The Morgan fingerprint density at radius 3 is 2.96 bits per heavy atom. The van der Waals surface area contributed by atoms with Gasteiger partial charge in [0, 0.05) is 35.7 Å². The Hall–Kier alpha value is -2.11. The van der Waals surface area contributed by atoms with E-state index in [1.54, 1.807) is 0 Å². The van der Waals surface area contributed by atoms with Crippen LogP contribution in [-0.2, 0) is 21.4 Å². The number of esters is 1. The average molecular weight is 383 g/mol. The second kappa shape index (κ2) is 7.37. The average Bonchev–Trinajstić information content (AvgIpc) is 3.08. The fourth-order valence-electron chi connectivity index (χ4n) is 5.36. The molecule has 2 bridgehead atoms. The topological polar surface area (TPSA) is 65.6 Å². The molecule has 1 aromatic carbocycles. The van der Waals surface area contributed by atoms with Gasteiger partial charge in [0.2, 0.25) is 0 Å². The van der Waals surface area contributed by atoms with Crippen molar-refractivity contribution in [2.45, 2.75) is 44.6 Å². The van der Waals surface area contributed by atoms with Crippen LogP contribution in [0.5, 0.6) is 0 Å². The van der Waals surface area contributed by atoms with Crippen LogP contribution in [0.25, 0.3) is 10.9 Å². The van der Waals surface area contributed by atoms with Gasteiger partial charge in [-0.25, -0.2) is 0 Å². The maximum absolute atomic E-state index is 13.0.